The second-order valence-corrected chi connectivity index (χ2v) is 7.18. The molecule has 2 aliphatic rings. The minimum absolute atomic E-state index is 0.160. The van der Waals surface area contributed by atoms with Crippen LogP contribution < -0.4 is 0 Å². The highest BCUT2D eigenvalue weighted by atomic mass is 32.2. The number of hydrogen-bond acceptors (Lipinski definition) is 3. The summed E-state index contributed by atoms with van der Waals surface area (Å²) >= 11 is 0. The van der Waals surface area contributed by atoms with E-state index in [1.807, 2.05) is 6.92 Å². The van der Waals surface area contributed by atoms with Gasteiger partial charge in [-0.25, -0.2) is 0 Å². The maximum Gasteiger partial charge on any atom is 0.282 e. The molecule has 0 amide bonds. The maximum atomic E-state index is 12.6. The summed E-state index contributed by atoms with van der Waals surface area (Å²) in [6, 6.07) is 0.160. The van der Waals surface area contributed by atoms with Crippen molar-refractivity contribution in [3.63, 3.8) is 0 Å². The van der Waals surface area contributed by atoms with Crippen molar-refractivity contribution in [3.8, 4) is 0 Å². The van der Waals surface area contributed by atoms with Crippen LogP contribution in [0.15, 0.2) is 0 Å². The van der Waals surface area contributed by atoms with Gasteiger partial charge >= 0.3 is 0 Å². The highest BCUT2D eigenvalue weighted by Gasteiger charge is 2.35. The summed E-state index contributed by atoms with van der Waals surface area (Å²) in [6.45, 7) is 8.84. The Morgan fingerprint density at radius 1 is 1.06 bits per heavy atom. The lowest BCUT2D eigenvalue weighted by molar-refractivity contribution is 0.178. The molecular weight excluding hydrogens is 250 g/mol. The maximum absolute atomic E-state index is 12.6. The molecule has 0 aliphatic carbocycles. The minimum atomic E-state index is -3.23. The van der Waals surface area contributed by atoms with Crippen LogP contribution in [0.25, 0.3) is 0 Å². The molecule has 106 valence electrons. The molecule has 0 unspecified atom stereocenters. The van der Waals surface area contributed by atoms with Crippen molar-refractivity contribution in [2.75, 3.05) is 39.3 Å². The third-order valence-electron chi connectivity index (χ3n) is 4.14. The predicted molar refractivity (Wildman–Crippen MR) is 72.6 cm³/mol. The first-order valence-corrected chi connectivity index (χ1v) is 8.44. The average molecular weight is 275 g/mol. The molecule has 1 atom stereocenters. The third-order valence-corrected chi connectivity index (χ3v) is 6.30. The zero-order valence-corrected chi connectivity index (χ0v) is 12.3. The number of hydrogen-bond donors (Lipinski definition) is 0. The zero-order chi connectivity index (χ0) is 13.2. The highest BCUT2D eigenvalue weighted by molar-refractivity contribution is 7.86. The molecule has 0 aromatic heterocycles. The van der Waals surface area contributed by atoms with Crippen molar-refractivity contribution in [2.45, 2.75) is 39.2 Å². The van der Waals surface area contributed by atoms with E-state index >= 15 is 0 Å². The van der Waals surface area contributed by atoms with E-state index in [0.717, 1.165) is 38.9 Å². The molecule has 2 fully saturated rings. The zero-order valence-electron chi connectivity index (χ0n) is 11.5. The van der Waals surface area contributed by atoms with Gasteiger partial charge in [0.2, 0.25) is 0 Å². The monoisotopic (exact) mass is 275 g/mol. The van der Waals surface area contributed by atoms with Gasteiger partial charge in [0.15, 0.2) is 0 Å². The normalized spacial score (nSPS) is 29.6. The van der Waals surface area contributed by atoms with Crippen molar-refractivity contribution < 1.29 is 8.42 Å². The second kappa shape index (κ2) is 5.86. The van der Waals surface area contributed by atoms with Crippen molar-refractivity contribution >= 4 is 10.2 Å². The number of piperazine rings is 1. The fraction of sp³-hybridized carbons (Fsp3) is 1.00. The number of piperidine rings is 1. The van der Waals surface area contributed by atoms with E-state index in [-0.39, 0.29) is 6.04 Å². The van der Waals surface area contributed by atoms with Crippen molar-refractivity contribution in [3.05, 3.63) is 0 Å². The average Bonchev–Trinajstić information content (AvgIpc) is 2.39. The summed E-state index contributed by atoms with van der Waals surface area (Å²) in [7, 11) is -3.23. The smallest absolute Gasteiger partial charge is 0.282 e. The van der Waals surface area contributed by atoms with Crippen LogP contribution in [0.4, 0.5) is 0 Å². The first kappa shape index (κ1) is 14.2. The molecule has 0 N–H and O–H groups in total. The van der Waals surface area contributed by atoms with Gasteiger partial charge in [-0.3, -0.25) is 0 Å². The Balaban J connectivity index is 2.02. The molecule has 0 bridgehead atoms. The molecule has 0 spiro atoms. The molecule has 2 heterocycles. The molecule has 0 radical (unpaired) electrons. The van der Waals surface area contributed by atoms with Gasteiger partial charge in [0.1, 0.15) is 0 Å². The van der Waals surface area contributed by atoms with Crippen LogP contribution >= 0.6 is 0 Å². The number of likely N-dealkylation sites (N-methyl/N-ethyl adjacent to an activating group) is 1. The third kappa shape index (κ3) is 2.87. The van der Waals surface area contributed by atoms with E-state index in [0.29, 0.717) is 19.6 Å². The Morgan fingerprint density at radius 2 is 1.72 bits per heavy atom. The molecule has 2 rings (SSSR count). The van der Waals surface area contributed by atoms with Gasteiger partial charge in [-0.1, -0.05) is 13.3 Å². The van der Waals surface area contributed by atoms with Crippen LogP contribution in [-0.2, 0) is 10.2 Å². The molecule has 2 saturated heterocycles. The fourth-order valence-corrected chi connectivity index (χ4v) is 4.68. The van der Waals surface area contributed by atoms with Gasteiger partial charge < -0.3 is 4.90 Å². The summed E-state index contributed by atoms with van der Waals surface area (Å²) in [5, 5.41) is 0. The lowest BCUT2D eigenvalue weighted by Crippen LogP contribution is -2.55. The van der Waals surface area contributed by atoms with E-state index in [1.165, 1.54) is 0 Å². The summed E-state index contributed by atoms with van der Waals surface area (Å²) < 4.78 is 28.5. The van der Waals surface area contributed by atoms with Crippen molar-refractivity contribution in [1.82, 2.24) is 13.5 Å². The van der Waals surface area contributed by atoms with E-state index < -0.39 is 10.2 Å². The summed E-state index contributed by atoms with van der Waals surface area (Å²) in [6.07, 6.45) is 3.14. The fourth-order valence-electron chi connectivity index (χ4n) is 2.84. The van der Waals surface area contributed by atoms with Crippen LogP contribution in [0, 0.1) is 0 Å². The lowest BCUT2D eigenvalue weighted by Gasteiger charge is -2.39. The number of nitrogens with zero attached hydrogens (tertiary/aromatic N) is 3. The minimum Gasteiger partial charge on any atom is -0.301 e. The van der Waals surface area contributed by atoms with E-state index in [1.54, 1.807) is 8.61 Å². The largest absolute Gasteiger partial charge is 0.301 e. The Kier molecular flexibility index (Phi) is 4.64. The Labute approximate surface area is 111 Å². The van der Waals surface area contributed by atoms with Gasteiger partial charge in [0.25, 0.3) is 10.2 Å². The Bertz CT molecular complexity index is 364. The molecule has 0 aromatic rings. The highest BCUT2D eigenvalue weighted by Crippen LogP contribution is 2.22. The summed E-state index contributed by atoms with van der Waals surface area (Å²) in [4.78, 5) is 2.30. The Hall–Kier alpha value is -0.170. The molecule has 6 heteroatoms. The standard InChI is InChI=1S/C12H25N3O2S/c1-3-13-8-10-14(11-9-13)18(16,17)15-7-5-4-6-12(15)2/h12H,3-11H2,1-2H3/t12-/m1/s1. The Morgan fingerprint density at radius 3 is 2.28 bits per heavy atom. The van der Waals surface area contributed by atoms with E-state index in [9.17, 15) is 8.42 Å². The van der Waals surface area contributed by atoms with Crippen LogP contribution in [0.1, 0.15) is 33.1 Å². The molecular formula is C12H25N3O2S. The summed E-state index contributed by atoms with van der Waals surface area (Å²) in [5.41, 5.74) is 0. The molecule has 0 aromatic carbocycles. The van der Waals surface area contributed by atoms with Crippen LogP contribution in [0.5, 0.6) is 0 Å². The van der Waals surface area contributed by atoms with Gasteiger partial charge in [-0.15, -0.1) is 0 Å². The topological polar surface area (TPSA) is 43.9 Å². The molecule has 18 heavy (non-hydrogen) atoms. The molecule has 0 saturated carbocycles. The lowest BCUT2D eigenvalue weighted by atomic mass is 10.1. The van der Waals surface area contributed by atoms with Crippen molar-refractivity contribution in [2.24, 2.45) is 0 Å². The van der Waals surface area contributed by atoms with E-state index in [4.69, 9.17) is 0 Å². The molecule has 5 nitrogen and oxygen atoms in total. The quantitative estimate of drug-likeness (QED) is 0.763. The first-order valence-electron chi connectivity index (χ1n) is 7.05. The van der Waals surface area contributed by atoms with Crippen molar-refractivity contribution in [1.29, 1.82) is 0 Å². The second-order valence-electron chi connectivity index (χ2n) is 5.30. The predicted octanol–water partition coefficient (Wildman–Crippen LogP) is 0.743. The SMILES string of the molecule is CCN1CCN(S(=O)(=O)N2CCCC[C@H]2C)CC1. The van der Waals surface area contributed by atoms with Crippen LogP contribution in [0.3, 0.4) is 0 Å². The first-order chi connectivity index (χ1) is 8.55. The van der Waals surface area contributed by atoms with E-state index in [2.05, 4.69) is 11.8 Å². The van der Waals surface area contributed by atoms with Gasteiger partial charge in [-0.2, -0.15) is 17.0 Å². The summed E-state index contributed by atoms with van der Waals surface area (Å²) in [5.74, 6) is 0. The molecule has 2 aliphatic heterocycles. The number of rotatable bonds is 3. The van der Waals surface area contributed by atoms with Gasteiger partial charge in [0, 0.05) is 38.8 Å². The van der Waals surface area contributed by atoms with Crippen LogP contribution in [0.2, 0.25) is 0 Å². The van der Waals surface area contributed by atoms with Gasteiger partial charge in [-0.05, 0) is 26.3 Å². The van der Waals surface area contributed by atoms with Gasteiger partial charge in [0.05, 0.1) is 0 Å². The van der Waals surface area contributed by atoms with Crippen LogP contribution in [-0.4, -0.2) is 67.2 Å².